The molecule has 1 aromatic heterocycles. The fourth-order valence-electron chi connectivity index (χ4n) is 3.02. The summed E-state index contributed by atoms with van der Waals surface area (Å²) in [6, 6.07) is 12.3. The van der Waals surface area contributed by atoms with Crippen LogP contribution in [0.4, 0.5) is 16.2 Å². The maximum atomic E-state index is 12.5. The summed E-state index contributed by atoms with van der Waals surface area (Å²) < 4.78 is 5.75. The number of urea groups is 1. The Labute approximate surface area is 161 Å². The number of anilines is 2. The van der Waals surface area contributed by atoms with Crippen molar-refractivity contribution >= 4 is 34.4 Å². The van der Waals surface area contributed by atoms with Crippen LogP contribution < -0.4 is 16.0 Å². The second kappa shape index (κ2) is 6.67. The molecule has 2 aliphatic rings. The monoisotopic (exact) mass is 376 g/mol. The number of benzene rings is 2. The number of carbonyl (C=O) groups excluding carboxylic acids is 2. The summed E-state index contributed by atoms with van der Waals surface area (Å²) in [4.78, 5) is 28.8. The molecule has 7 heteroatoms. The van der Waals surface area contributed by atoms with Crippen LogP contribution >= 0.6 is 0 Å². The summed E-state index contributed by atoms with van der Waals surface area (Å²) in [5.74, 6) is 1.01. The molecule has 1 heterocycles. The highest BCUT2D eigenvalue weighted by Crippen LogP contribution is 2.40. The first-order valence-electron chi connectivity index (χ1n) is 9.53. The van der Waals surface area contributed by atoms with E-state index in [0.717, 1.165) is 42.7 Å². The SMILES string of the molecule is O=C(Nc1ccc(C(=O)Nc2ccc3oc(C4CC4)nc3c2)cc1)NC1CC1. The van der Waals surface area contributed by atoms with Crippen molar-refractivity contribution < 1.29 is 14.0 Å². The van der Waals surface area contributed by atoms with E-state index in [9.17, 15) is 9.59 Å². The van der Waals surface area contributed by atoms with Gasteiger partial charge in [0.1, 0.15) is 5.52 Å². The maximum absolute atomic E-state index is 12.5. The van der Waals surface area contributed by atoms with Gasteiger partial charge in [0.15, 0.2) is 11.5 Å². The topological polar surface area (TPSA) is 96.3 Å². The molecule has 7 nitrogen and oxygen atoms in total. The minimum atomic E-state index is -0.223. The van der Waals surface area contributed by atoms with Gasteiger partial charge in [-0.05, 0) is 68.1 Å². The average Bonchev–Trinajstić information content (AvgIpc) is 3.61. The third-order valence-corrected chi connectivity index (χ3v) is 4.91. The van der Waals surface area contributed by atoms with Crippen molar-refractivity contribution in [1.29, 1.82) is 0 Å². The highest BCUT2D eigenvalue weighted by atomic mass is 16.3. The number of nitrogens with zero attached hydrogens (tertiary/aromatic N) is 1. The van der Waals surface area contributed by atoms with Gasteiger partial charge in [-0.2, -0.15) is 0 Å². The van der Waals surface area contributed by atoms with Gasteiger partial charge in [0.2, 0.25) is 0 Å². The van der Waals surface area contributed by atoms with E-state index in [0.29, 0.717) is 28.9 Å². The van der Waals surface area contributed by atoms with Crippen molar-refractivity contribution in [3.63, 3.8) is 0 Å². The molecule has 28 heavy (non-hydrogen) atoms. The number of nitrogens with one attached hydrogen (secondary N) is 3. The summed E-state index contributed by atoms with van der Waals surface area (Å²) >= 11 is 0. The predicted molar refractivity (Wildman–Crippen MR) is 106 cm³/mol. The van der Waals surface area contributed by atoms with Gasteiger partial charge in [-0.3, -0.25) is 4.79 Å². The summed E-state index contributed by atoms with van der Waals surface area (Å²) in [7, 11) is 0. The number of rotatable bonds is 5. The molecule has 5 rings (SSSR count). The Hall–Kier alpha value is -3.35. The van der Waals surface area contributed by atoms with Gasteiger partial charge in [0.25, 0.3) is 5.91 Å². The number of oxazole rings is 1. The van der Waals surface area contributed by atoms with E-state index < -0.39 is 0 Å². The molecule has 0 bridgehead atoms. The van der Waals surface area contributed by atoms with Crippen molar-refractivity contribution in [2.45, 2.75) is 37.6 Å². The Bertz CT molecular complexity index is 1050. The Morgan fingerprint density at radius 1 is 0.929 bits per heavy atom. The van der Waals surface area contributed by atoms with Crippen LogP contribution in [0.1, 0.15) is 47.8 Å². The van der Waals surface area contributed by atoms with Crippen LogP contribution in [0.15, 0.2) is 46.9 Å². The third-order valence-electron chi connectivity index (χ3n) is 4.91. The molecule has 2 aromatic carbocycles. The Morgan fingerprint density at radius 2 is 1.68 bits per heavy atom. The van der Waals surface area contributed by atoms with Gasteiger partial charge in [0, 0.05) is 28.9 Å². The molecule has 2 aliphatic carbocycles. The van der Waals surface area contributed by atoms with E-state index in [1.807, 2.05) is 12.1 Å². The van der Waals surface area contributed by atoms with Gasteiger partial charge in [0.05, 0.1) is 0 Å². The van der Waals surface area contributed by atoms with Crippen LogP contribution in [-0.4, -0.2) is 23.0 Å². The molecule has 3 aromatic rings. The van der Waals surface area contributed by atoms with Gasteiger partial charge >= 0.3 is 6.03 Å². The van der Waals surface area contributed by atoms with Crippen molar-refractivity contribution in [2.75, 3.05) is 10.6 Å². The van der Waals surface area contributed by atoms with E-state index in [1.54, 1.807) is 30.3 Å². The minimum absolute atomic E-state index is 0.216. The summed E-state index contributed by atoms with van der Waals surface area (Å²) in [6.07, 6.45) is 4.33. The lowest BCUT2D eigenvalue weighted by Gasteiger charge is -2.08. The molecule has 0 unspecified atom stereocenters. The normalized spacial score (nSPS) is 16.0. The second-order valence-electron chi connectivity index (χ2n) is 7.41. The first-order chi connectivity index (χ1) is 13.6. The maximum Gasteiger partial charge on any atom is 0.319 e. The molecule has 0 spiro atoms. The Kier molecular flexibility index (Phi) is 4.00. The molecule has 3 N–H and O–H groups in total. The molecular formula is C21H20N4O3. The summed E-state index contributed by atoms with van der Waals surface area (Å²) in [6.45, 7) is 0. The van der Waals surface area contributed by atoms with E-state index >= 15 is 0 Å². The molecule has 0 atom stereocenters. The number of aromatic nitrogens is 1. The first kappa shape index (κ1) is 16.8. The van der Waals surface area contributed by atoms with E-state index in [-0.39, 0.29) is 11.9 Å². The van der Waals surface area contributed by atoms with Crippen LogP contribution in [0.25, 0.3) is 11.1 Å². The molecular weight excluding hydrogens is 356 g/mol. The largest absolute Gasteiger partial charge is 0.440 e. The Morgan fingerprint density at radius 3 is 2.39 bits per heavy atom. The van der Waals surface area contributed by atoms with Gasteiger partial charge in [-0.25, -0.2) is 9.78 Å². The highest BCUT2D eigenvalue weighted by Gasteiger charge is 2.29. The van der Waals surface area contributed by atoms with E-state index in [1.165, 1.54) is 0 Å². The molecule has 3 amide bonds. The summed E-state index contributed by atoms with van der Waals surface area (Å²) in [5.41, 5.74) is 3.30. The number of hydrogen-bond donors (Lipinski definition) is 3. The van der Waals surface area contributed by atoms with Crippen LogP contribution in [0.2, 0.25) is 0 Å². The smallest absolute Gasteiger partial charge is 0.319 e. The zero-order valence-corrected chi connectivity index (χ0v) is 15.2. The lowest BCUT2D eigenvalue weighted by Crippen LogP contribution is -2.30. The third kappa shape index (κ3) is 3.69. The zero-order chi connectivity index (χ0) is 19.1. The Balaban J connectivity index is 1.24. The fourth-order valence-corrected chi connectivity index (χ4v) is 3.02. The van der Waals surface area contributed by atoms with Crippen LogP contribution in [0.3, 0.4) is 0 Å². The fraction of sp³-hybridized carbons (Fsp3) is 0.286. The standard InChI is InChI=1S/C21H20N4O3/c26-19(12-3-5-14(6-4-12)23-21(27)24-15-7-8-15)22-16-9-10-18-17(11-16)25-20(28-18)13-1-2-13/h3-6,9-11,13,15H,1-2,7-8H2,(H,22,26)(H2,23,24,27). The van der Waals surface area contributed by atoms with Gasteiger partial charge in [-0.1, -0.05) is 0 Å². The zero-order valence-electron chi connectivity index (χ0n) is 15.2. The first-order valence-corrected chi connectivity index (χ1v) is 9.53. The van der Waals surface area contributed by atoms with E-state index in [2.05, 4.69) is 20.9 Å². The van der Waals surface area contributed by atoms with Crippen LogP contribution in [-0.2, 0) is 0 Å². The minimum Gasteiger partial charge on any atom is -0.440 e. The number of fused-ring (bicyclic) bond motifs is 1. The number of carbonyl (C=O) groups is 2. The summed E-state index contributed by atoms with van der Waals surface area (Å²) in [5, 5.41) is 8.50. The molecule has 0 radical (unpaired) electrons. The number of hydrogen-bond acceptors (Lipinski definition) is 4. The lowest BCUT2D eigenvalue weighted by atomic mass is 10.2. The molecule has 0 aliphatic heterocycles. The van der Waals surface area contributed by atoms with Crippen molar-refractivity contribution in [3.05, 3.63) is 53.9 Å². The van der Waals surface area contributed by atoms with Crippen LogP contribution in [0, 0.1) is 0 Å². The lowest BCUT2D eigenvalue weighted by molar-refractivity contribution is 0.102. The number of amides is 3. The molecule has 142 valence electrons. The highest BCUT2D eigenvalue weighted by molar-refractivity contribution is 6.05. The molecule has 2 saturated carbocycles. The van der Waals surface area contributed by atoms with Crippen molar-refractivity contribution in [1.82, 2.24) is 10.3 Å². The van der Waals surface area contributed by atoms with Crippen LogP contribution in [0.5, 0.6) is 0 Å². The van der Waals surface area contributed by atoms with Crippen molar-refractivity contribution in [3.8, 4) is 0 Å². The van der Waals surface area contributed by atoms with Gasteiger partial charge < -0.3 is 20.4 Å². The van der Waals surface area contributed by atoms with E-state index in [4.69, 9.17) is 4.42 Å². The average molecular weight is 376 g/mol. The molecule has 2 fully saturated rings. The predicted octanol–water partition coefficient (Wildman–Crippen LogP) is 4.24. The quantitative estimate of drug-likeness (QED) is 0.620. The van der Waals surface area contributed by atoms with Crippen molar-refractivity contribution in [2.24, 2.45) is 0 Å². The molecule has 0 saturated heterocycles. The second-order valence-corrected chi connectivity index (χ2v) is 7.41. The van der Waals surface area contributed by atoms with Gasteiger partial charge in [-0.15, -0.1) is 0 Å².